The molecule has 0 saturated carbocycles. The van der Waals surface area contributed by atoms with Crippen molar-refractivity contribution < 1.29 is 9.90 Å². The van der Waals surface area contributed by atoms with Gasteiger partial charge in [-0.1, -0.05) is 37.3 Å². The molecule has 20 heavy (non-hydrogen) atoms. The third kappa shape index (κ3) is 6.30. The molecule has 0 saturated heterocycles. The van der Waals surface area contributed by atoms with Crippen molar-refractivity contribution in [3.63, 3.8) is 0 Å². The van der Waals surface area contributed by atoms with Gasteiger partial charge in [-0.05, 0) is 24.7 Å². The number of carbonyl (C=O) groups is 1. The number of thioether (sulfide) groups is 1. The first kappa shape index (κ1) is 16.9. The van der Waals surface area contributed by atoms with Crippen LogP contribution in [0.5, 0.6) is 0 Å². The number of aliphatic hydroxyl groups excluding tert-OH is 1. The maximum atomic E-state index is 11.7. The van der Waals surface area contributed by atoms with E-state index in [9.17, 15) is 9.90 Å². The average molecular weight is 296 g/mol. The topological polar surface area (TPSA) is 61.4 Å². The normalized spacial score (nSPS) is 13.6. The van der Waals surface area contributed by atoms with Gasteiger partial charge in [-0.2, -0.15) is 11.8 Å². The second-order valence-corrected chi connectivity index (χ2v) is 5.59. The molecule has 3 N–H and O–H groups in total. The third-order valence-corrected chi connectivity index (χ3v) is 3.82. The van der Waals surface area contributed by atoms with Crippen molar-refractivity contribution in [2.45, 2.75) is 31.9 Å². The van der Waals surface area contributed by atoms with Gasteiger partial charge in [-0.25, -0.2) is 4.79 Å². The second-order valence-electron chi connectivity index (χ2n) is 4.68. The highest BCUT2D eigenvalue weighted by molar-refractivity contribution is 7.98. The number of aliphatic hydroxyl groups is 1. The SMILES string of the molecule is CCC(CSC)NC(=O)NCCC(O)c1ccccc1. The Bertz CT molecular complexity index is 387. The lowest BCUT2D eigenvalue weighted by molar-refractivity contribution is 0.166. The van der Waals surface area contributed by atoms with E-state index in [0.717, 1.165) is 17.7 Å². The van der Waals surface area contributed by atoms with Crippen LogP contribution in [0.1, 0.15) is 31.4 Å². The quantitative estimate of drug-likeness (QED) is 0.691. The summed E-state index contributed by atoms with van der Waals surface area (Å²) in [5.41, 5.74) is 0.878. The summed E-state index contributed by atoms with van der Waals surface area (Å²) < 4.78 is 0. The Kier molecular flexibility index (Phi) is 8.14. The molecule has 2 amide bonds. The van der Waals surface area contributed by atoms with Gasteiger partial charge in [0.25, 0.3) is 0 Å². The number of urea groups is 1. The molecule has 112 valence electrons. The molecule has 1 rings (SSSR count). The summed E-state index contributed by atoms with van der Waals surface area (Å²) in [7, 11) is 0. The van der Waals surface area contributed by atoms with Crippen LogP contribution in [0.2, 0.25) is 0 Å². The molecule has 2 unspecified atom stereocenters. The minimum atomic E-state index is -0.537. The molecule has 0 spiro atoms. The first-order valence-corrected chi connectivity index (χ1v) is 8.33. The maximum absolute atomic E-state index is 11.7. The molecule has 0 aromatic heterocycles. The molecule has 0 radical (unpaired) electrons. The van der Waals surface area contributed by atoms with Crippen LogP contribution in [0.3, 0.4) is 0 Å². The van der Waals surface area contributed by atoms with Gasteiger partial charge in [0, 0.05) is 18.3 Å². The molecule has 2 atom stereocenters. The molecule has 0 aliphatic heterocycles. The van der Waals surface area contributed by atoms with Crippen molar-refractivity contribution >= 4 is 17.8 Å². The van der Waals surface area contributed by atoms with Crippen LogP contribution in [0.15, 0.2) is 30.3 Å². The van der Waals surface area contributed by atoms with E-state index in [1.165, 1.54) is 0 Å². The van der Waals surface area contributed by atoms with Crippen LogP contribution in [0, 0.1) is 0 Å². The first-order chi connectivity index (χ1) is 9.67. The Balaban J connectivity index is 2.24. The number of benzene rings is 1. The zero-order valence-corrected chi connectivity index (χ0v) is 13.0. The third-order valence-electron chi connectivity index (χ3n) is 3.08. The maximum Gasteiger partial charge on any atom is 0.315 e. The summed E-state index contributed by atoms with van der Waals surface area (Å²) in [6.45, 7) is 2.51. The summed E-state index contributed by atoms with van der Waals surface area (Å²) >= 11 is 1.72. The summed E-state index contributed by atoms with van der Waals surface area (Å²) in [6.07, 6.45) is 2.92. The lowest BCUT2D eigenvalue weighted by Gasteiger charge is -2.17. The van der Waals surface area contributed by atoms with Crippen LogP contribution >= 0.6 is 11.8 Å². The van der Waals surface area contributed by atoms with Crippen molar-refractivity contribution in [1.82, 2.24) is 10.6 Å². The van der Waals surface area contributed by atoms with Crippen LogP contribution < -0.4 is 10.6 Å². The van der Waals surface area contributed by atoms with Gasteiger partial charge in [-0.15, -0.1) is 0 Å². The van der Waals surface area contributed by atoms with Crippen molar-refractivity contribution in [2.24, 2.45) is 0 Å². The van der Waals surface area contributed by atoms with E-state index in [1.54, 1.807) is 11.8 Å². The zero-order chi connectivity index (χ0) is 14.8. The Morgan fingerprint density at radius 1 is 1.35 bits per heavy atom. The van der Waals surface area contributed by atoms with Crippen LogP contribution in [-0.4, -0.2) is 35.7 Å². The number of hydrogen-bond donors (Lipinski definition) is 3. The van der Waals surface area contributed by atoms with E-state index < -0.39 is 6.10 Å². The van der Waals surface area contributed by atoms with E-state index in [0.29, 0.717) is 13.0 Å². The van der Waals surface area contributed by atoms with E-state index in [-0.39, 0.29) is 12.1 Å². The van der Waals surface area contributed by atoms with Gasteiger partial charge in [-0.3, -0.25) is 0 Å². The predicted octanol–water partition coefficient (Wildman–Crippen LogP) is 2.55. The van der Waals surface area contributed by atoms with Crippen LogP contribution in [0.25, 0.3) is 0 Å². The monoisotopic (exact) mass is 296 g/mol. The summed E-state index contributed by atoms with van der Waals surface area (Å²) in [5, 5.41) is 15.7. The molecule has 0 heterocycles. The van der Waals surface area contributed by atoms with Crippen molar-refractivity contribution in [1.29, 1.82) is 0 Å². The van der Waals surface area contributed by atoms with Crippen LogP contribution in [-0.2, 0) is 0 Å². The zero-order valence-electron chi connectivity index (χ0n) is 12.1. The minimum Gasteiger partial charge on any atom is -0.388 e. The number of hydrogen-bond acceptors (Lipinski definition) is 3. The molecule has 1 aromatic rings. The van der Waals surface area contributed by atoms with Crippen molar-refractivity contribution in [2.75, 3.05) is 18.6 Å². The Morgan fingerprint density at radius 3 is 2.65 bits per heavy atom. The van der Waals surface area contributed by atoms with Gasteiger partial charge < -0.3 is 15.7 Å². The molecule has 0 bridgehead atoms. The molecule has 4 nitrogen and oxygen atoms in total. The highest BCUT2D eigenvalue weighted by Gasteiger charge is 2.10. The highest BCUT2D eigenvalue weighted by atomic mass is 32.2. The lowest BCUT2D eigenvalue weighted by Crippen LogP contribution is -2.43. The Hall–Kier alpha value is -1.20. The molecule has 5 heteroatoms. The van der Waals surface area contributed by atoms with Gasteiger partial charge in [0.2, 0.25) is 0 Å². The standard InChI is InChI=1S/C15H24N2O2S/c1-3-13(11-20-2)17-15(19)16-10-9-14(18)12-7-5-4-6-8-12/h4-8,13-14,18H,3,9-11H2,1-2H3,(H2,16,17,19). The van der Waals surface area contributed by atoms with Gasteiger partial charge in [0.1, 0.15) is 0 Å². The molecule has 0 fully saturated rings. The number of amides is 2. The fraction of sp³-hybridized carbons (Fsp3) is 0.533. The van der Waals surface area contributed by atoms with Crippen molar-refractivity contribution in [3.8, 4) is 0 Å². The van der Waals surface area contributed by atoms with Crippen molar-refractivity contribution in [3.05, 3.63) is 35.9 Å². The molecule has 0 aliphatic carbocycles. The van der Waals surface area contributed by atoms with E-state index in [2.05, 4.69) is 17.6 Å². The Morgan fingerprint density at radius 2 is 2.05 bits per heavy atom. The number of nitrogens with one attached hydrogen (secondary N) is 2. The highest BCUT2D eigenvalue weighted by Crippen LogP contribution is 2.14. The molecule has 1 aromatic carbocycles. The smallest absolute Gasteiger partial charge is 0.315 e. The fourth-order valence-corrected chi connectivity index (χ4v) is 2.58. The van der Waals surface area contributed by atoms with Gasteiger partial charge >= 0.3 is 6.03 Å². The second kappa shape index (κ2) is 9.66. The fourth-order valence-electron chi connectivity index (χ4n) is 1.86. The summed E-state index contributed by atoms with van der Waals surface area (Å²) in [5.74, 6) is 0.913. The summed E-state index contributed by atoms with van der Waals surface area (Å²) in [6, 6.07) is 9.51. The molecular weight excluding hydrogens is 272 g/mol. The molecule has 0 aliphatic rings. The predicted molar refractivity (Wildman–Crippen MR) is 85.0 cm³/mol. The molecular formula is C15H24N2O2S. The van der Waals surface area contributed by atoms with E-state index in [4.69, 9.17) is 0 Å². The largest absolute Gasteiger partial charge is 0.388 e. The van der Waals surface area contributed by atoms with Gasteiger partial charge in [0.05, 0.1) is 6.10 Å². The number of carbonyl (C=O) groups excluding carboxylic acids is 1. The van der Waals surface area contributed by atoms with Gasteiger partial charge in [0.15, 0.2) is 0 Å². The number of rotatable bonds is 8. The average Bonchev–Trinajstić information content (AvgIpc) is 2.47. The Labute approximate surface area is 125 Å². The lowest BCUT2D eigenvalue weighted by atomic mass is 10.1. The van der Waals surface area contributed by atoms with Crippen LogP contribution in [0.4, 0.5) is 4.79 Å². The minimum absolute atomic E-state index is 0.161. The van der Waals surface area contributed by atoms with E-state index >= 15 is 0 Å². The first-order valence-electron chi connectivity index (χ1n) is 6.93. The summed E-state index contributed by atoms with van der Waals surface area (Å²) in [4.78, 5) is 11.7. The van der Waals surface area contributed by atoms with E-state index in [1.807, 2.05) is 36.6 Å².